The monoisotopic (exact) mass is 469 g/mol. The third-order valence-electron chi connectivity index (χ3n) is 5.63. The van der Waals surface area contributed by atoms with Crippen LogP contribution in [0.15, 0.2) is 58.5 Å². The molecule has 1 fully saturated rings. The van der Waals surface area contributed by atoms with Crippen LogP contribution in [0.1, 0.15) is 33.1 Å². The summed E-state index contributed by atoms with van der Waals surface area (Å²) in [5.41, 5.74) is 0.483. The van der Waals surface area contributed by atoms with Gasteiger partial charge in [0, 0.05) is 25.3 Å². The summed E-state index contributed by atoms with van der Waals surface area (Å²) in [6.07, 6.45) is 2.12. The average molecular weight is 470 g/mol. The number of carbonyl (C=O) groups is 1. The van der Waals surface area contributed by atoms with Crippen molar-refractivity contribution < 1.29 is 13.9 Å². The van der Waals surface area contributed by atoms with Crippen LogP contribution in [0.4, 0.5) is 4.39 Å². The van der Waals surface area contributed by atoms with Gasteiger partial charge in [-0.2, -0.15) is 0 Å². The van der Waals surface area contributed by atoms with Crippen molar-refractivity contribution in [2.24, 2.45) is 0 Å². The smallest absolute Gasteiger partial charge is 0.266 e. The van der Waals surface area contributed by atoms with Crippen molar-refractivity contribution in [2.45, 2.75) is 50.5 Å². The van der Waals surface area contributed by atoms with Gasteiger partial charge in [0.25, 0.3) is 5.56 Å². The summed E-state index contributed by atoms with van der Waals surface area (Å²) in [6, 6.07) is 13.3. The Balaban J connectivity index is 1.44. The van der Waals surface area contributed by atoms with Crippen molar-refractivity contribution in [2.75, 3.05) is 18.8 Å². The molecule has 2 aromatic carbocycles. The average Bonchev–Trinajstić information content (AvgIpc) is 2.79. The minimum atomic E-state index is -0.474. The molecule has 4 rings (SSSR count). The summed E-state index contributed by atoms with van der Waals surface area (Å²) >= 11 is 1.41. The topological polar surface area (TPSA) is 64.4 Å². The molecule has 1 amide bonds. The van der Waals surface area contributed by atoms with Gasteiger partial charge in [0.1, 0.15) is 5.82 Å². The van der Waals surface area contributed by atoms with E-state index in [4.69, 9.17) is 4.74 Å². The normalized spacial score (nSPS) is 18.6. The van der Waals surface area contributed by atoms with Gasteiger partial charge >= 0.3 is 0 Å². The Kier molecular flexibility index (Phi) is 7.45. The van der Waals surface area contributed by atoms with Crippen molar-refractivity contribution in [1.82, 2.24) is 14.5 Å². The van der Waals surface area contributed by atoms with Gasteiger partial charge in [-0.05, 0) is 51.0 Å². The first kappa shape index (κ1) is 23.4. The first-order valence-electron chi connectivity index (χ1n) is 11.3. The molecule has 8 heteroatoms. The van der Waals surface area contributed by atoms with Crippen LogP contribution in [-0.2, 0) is 9.53 Å². The number of benzene rings is 2. The second-order valence-corrected chi connectivity index (χ2v) is 9.43. The van der Waals surface area contributed by atoms with Crippen LogP contribution in [0.2, 0.25) is 0 Å². The predicted octanol–water partition coefficient (Wildman–Crippen LogP) is 4.42. The molecule has 0 spiro atoms. The second kappa shape index (κ2) is 10.5. The van der Waals surface area contributed by atoms with E-state index in [1.807, 2.05) is 24.8 Å². The number of hydrogen-bond donors (Lipinski definition) is 0. The third-order valence-corrected chi connectivity index (χ3v) is 6.65. The maximum absolute atomic E-state index is 14.6. The molecule has 6 nitrogen and oxygen atoms in total. The molecular weight excluding hydrogens is 441 g/mol. The zero-order valence-corrected chi connectivity index (χ0v) is 19.7. The summed E-state index contributed by atoms with van der Waals surface area (Å²) < 4.78 is 21.6. The highest BCUT2D eigenvalue weighted by molar-refractivity contribution is 7.99. The molecule has 1 saturated heterocycles. The molecule has 2 heterocycles. The SMILES string of the molecule is CC1CN(C(=O)CCCCSc2nc3ccccc3c(=O)n2-c2ccccc2F)CC(C)O1. The summed E-state index contributed by atoms with van der Waals surface area (Å²) in [6.45, 7) is 5.23. The number of thioether (sulfide) groups is 1. The molecule has 0 radical (unpaired) electrons. The Morgan fingerprint density at radius 2 is 1.79 bits per heavy atom. The lowest BCUT2D eigenvalue weighted by molar-refractivity contribution is -0.143. The first-order valence-corrected chi connectivity index (χ1v) is 12.3. The number of amides is 1. The molecule has 33 heavy (non-hydrogen) atoms. The molecule has 0 bridgehead atoms. The molecule has 1 aliphatic rings. The molecule has 0 saturated carbocycles. The van der Waals surface area contributed by atoms with Crippen LogP contribution >= 0.6 is 11.8 Å². The fraction of sp³-hybridized carbons (Fsp3) is 0.400. The van der Waals surface area contributed by atoms with Crippen LogP contribution in [0.25, 0.3) is 16.6 Å². The Morgan fingerprint density at radius 3 is 2.55 bits per heavy atom. The lowest BCUT2D eigenvalue weighted by Gasteiger charge is -2.35. The van der Waals surface area contributed by atoms with Gasteiger partial charge in [-0.1, -0.05) is 36.0 Å². The van der Waals surface area contributed by atoms with Crippen molar-refractivity contribution in [3.63, 3.8) is 0 Å². The number of hydrogen-bond acceptors (Lipinski definition) is 5. The van der Waals surface area contributed by atoms with E-state index in [1.54, 1.807) is 36.4 Å². The maximum Gasteiger partial charge on any atom is 0.266 e. The van der Waals surface area contributed by atoms with E-state index in [0.717, 1.165) is 12.8 Å². The number of fused-ring (bicyclic) bond motifs is 1. The summed E-state index contributed by atoms with van der Waals surface area (Å²) in [5.74, 6) is 0.342. The highest BCUT2D eigenvalue weighted by Crippen LogP contribution is 2.24. The van der Waals surface area contributed by atoms with E-state index in [1.165, 1.54) is 22.4 Å². The van der Waals surface area contributed by atoms with E-state index >= 15 is 0 Å². The lowest BCUT2D eigenvalue weighted by atomic mass is 10.2. The molecule has 1 aromatic heterocycles. The standard InChI is InChI=1S/C25H28FN3O3S/c1-17-15-28(16-18(2)32-17)23(30)13-7-8-14-33-25-27-21-11-5-3-9-19(21)24(31)29(25)22-12-6-4-10-20(22)26/h3-6,9-12,17-18H,7-8,13-16H2,1-2H3. The largest absolute Gasteiger partial charge is 0.372 e. The predicted molar refractivity (Wildman–Crippen MR) is 128 cm³/mol. The van der Waals surface area contributed by atoms with Crippen molar-refractivity contribution in [3.8, 4) is 5.69 Å². The highest BCUT2D eigenvalue weighted by atomic mass is 32.2. The van der Waals surface area contributed by atoms with Gasteiger partial charge in [0.15, 0.2) is 5.16 Å². The van der Waals surface area contributed by atoms with E-state index in [-0.39, 0.29) is 29.4 Å². The van der Waals surface area contributed by atoms with E-state index in [2.05, 4.69) is 4.98 Å². The number of carbonyl (C=O) groups excluding carboxylic acids is 1. The number of nitrogens with zero attached hydrogens (tertiary/aromatic N) is 3. The minimum absolute atomic E-state index is 0.0577. The number of ether oxygens (including phenoxy) is 1. The van der Waals surface area contributed by atoms with Gasteiger partial charge in [-0.15, -0.1) is 0 Å². The van der Waals surface area contributed by atoms with Gasteiger partial charge in [-0.25, -0.2) is 9.37 Å². The minimum Gasteiger partial charge on any atom is -0.372 e. The highest BCUT2D eigenvalue weighted by Gasteiger charge is 2.25. The van der Waals surface area contributed by atoms with Gasteiger partial charge in [0.05, 0.1) is 28.8 Å². The van der Waals surface area contributed by atoms with Crippen LogP contribution in [0.3, 0.4) is 0 Å². The molecule has 1 aliphatic heterocycles. The number of aromatic nitrogens is 2. The summed E-state index contributed by atoms with van der Waals surface area (Å²) in [7, 11) is 0. The Hall–Kier alpha value is -2.71. The van der Waals surface area contributed by atoms with E-state index in [9.17, 15) is 14.0 Å². The van der Waals surface area contributed by atoms with Gasteiger partial charge in [0.2, 0.25) is 5.91 Å². The van der Waals surface area contributed by atoms with E-state index < -0.39 is 5.82 Å². The van der Waals surface area contributed by atoms with Crippen LogP contribution < -0.4 is 5.56 Å². The third kappa shape index (κ3) is 5.45. The van der Waals surface area contributed by atoms with Crippen LogP contribution in [0.5, 0.6) is 0 Å². The number of morpholine rings is 1. The zero-order valence-electron chi connectivity index (χ0n) is 18.9. The number of para-hydroxylation sites is 2. The quantitative estimate of drug-likeness (QED) is 0.291. The van der Waals surface area contributed by atoms with Crippen LogP contribution in [0, 0.1) is 5.82 Å². The Morgan fingerprint density at radius 1 is 1.09 bits per heavy atom. The molecule has 2 atom stereocenters. The van der Waals surface area contributed by atoms with Crippen molar-refractivity contribution in [3.05, 3.63) is 64.7 Å². The fourth-order valence-corrected chi connectivity index (χ4v) is 5.14. The molecule has 0 N–H and O–H groups in total. The van der Waals surface area contributed by atoms with Crippen molar-refractivity contribution >= 4 is 28.6 Å². The zero-order chi connectivity index (χ0) is 23.4. The summed E-state index contributed by atoms with van der Waals surface area (Å²) in [4.78, 5) is 32.3. The van der Waals surface area contributed by atoms with E-state index in [0.29, 0.717) is 41.3 Å². The van der Waals surface area contributed by atoms with Crippen LogP contribution in [-0.4, -0.2) is 51.4 Å². The molecule has 2 unspecified atom stereocenters. The molecule has 0 aliphatic carbocycles. The first-order chi connectivity index (χ1) is 15.9. The van der Waals surface area contributed by atoms with Crippen molar-refractivity contribution in [1.29, 1.82) is 0 Å². The fourth-order valence-electron chi connectivity index (χ4n) is 4.14. The molecule has 174 valence electrons. The number of halogens is 1. The Labute approximate surface area is 196 Å². The number of rotatable bonds is 7. The molecular formula is C25H28FN3O3S. The second-order valence-electron chi connectivity index (χ2n) is 8.37. The lowest BCUT2D eigenvalue weighted by Crippen LogP contribution is -2.48. The maximum atomic E-state index is 14.6. The van der Waals surface area contributed by atoms with Gasteiger partial charge in [-0.3, -0.25) is 14.2 Å². The Bertz CT molecular complexity index is 1190. The van der Waals surface area contributed by atoms with Gasteiger partial charge < -0.3 is 9.64 Å². The number of unbranched alkanes of at least 4 members (excludes halogenated alkanes) is 1. The molecule has 3 aromatic rings. The summed E-state index contributed by atoms with van der Waals surface area (Å²) in [5, 5.41) is 0.899.